The number of hydrogen-bond acceptors (Lipinski definition) is 4. The molecule has 7 heteroatoms. The Morgan fingerprint density at radius 3 is 2.38 bits per heavy atom. The molecule has 0 aromatic carbocycles. The molecule has 0 saturated carbocycles. The first kappa shape index (κ1) is 16.7. The molecule has 0 bridgehead atoms. The highest BCUT2D eigenvalue weighted by molar-refractivity contribution is 7.89. The van der Waals surface area contributed by atoms with E-state index in [9.17, 15) is 13.2 Å². The van der Waals surface area contributed by atoms with E-state index in [2.05, 4.69) is 10.0 Å². The summed E-state index contributed by atoms with van der Waals surface area (Å²) in [5.74, 6) is 0.857. The third-order valence-corrected chi connectivity index (χ3v) is 5.95. The fraction of sp³-hybridized carbons (Fsp3) is 0.929. The van der Waals surface area contributed by atoms with Gasteiger partial charge in [0.25, 0.3) is 0 Å². The van der Waals surface area contributed by atoms with Gasteiger partial charge in [-0.05, 0) is 51.6 Å². The number of rotatable bonds is 5. The van der Waals surface area contributed by atoms with E-state index < -0.39 is 10.0 Å². The lowest BCUT2D eigenvalue weighted by Gasteiger charge is -2.33. The van der Waals surface area contributed by atoms with Gasteiger partial charge < -0.3 is 10.2 Å². The third kappa shape index (κ3) is 5.23. The number of nitrogens with one attached hydrogen (secondary N) is 2. The number of carbonyl (C=O) groups is 1. The van der Waals surface area contributed by atoms with Gasteiger partial charge in [0.2, 0.25) is 15.9 Å². The van der Waals surface area contributed by atoms with Crippen LogP contribution in [-0.2, 0) is 14.8 Å². The van der Waals surface area contributed by atoms with Crippen LogP contribution in [0.5, 0.6) is 0 Å². The molecule has 21 heavy (non-hydrogen) atoms. The van der Waals surface area contributed by atoms with Gasteiger partial charge in [0.05, 0.1) is 5.75 Å². The normalized spacial score (nSPS) is 22.4. The van der Waals surface area contributed by atoms with E-state index >= 15 is 0 Å². The number of amides is 1. The van der Waals surface area contributed by atoms with E-state index in [1.165, 1.54) is 0 Å². The quantitative estimate of drug-likeness (QED) is 0.765. The zero-order valence-electron chi connectivity index (χ0n) is 12.8. The zero-order valence-corrected chi connectivity index (χ0v) is 13.6. The largest absolute Gasteiger partial charge is 0.343 e. The average Bonchev–Trinajstić information content (AvgIpc) is 2.48. The topological polar surface area (TPSA) is 78.5 Å². The molecule has 0 unspecified atom stereocenters. The molecule has 2 rings (SSSR count). The van der Waals surface area contributed by atoms with Crippen LogP contribution in [0.15, 0.2) is 0 Å². The van der Waals surface area contributed by atoms with Gasteiger partial charge in [-0.3, -0.25) is 4.79 Å². The first-order chi connectivity index (χ1) is 10.00. The van der Waals surface area contributed by atoms with Gasteiger partial charge in [-0.2, -0.15) is 0 Å². The van der Waals surface area contributed by atoms with Crippen molar-refractivity contribution in [1.82, 2.24) is 14.9 Å². The van der Waals surface area contributed by atoms with Crippen molar-refractivity contribution in [1.29, 1.82) is 0 Å². The molecule has 122 valence electrons. The van der Waals surface area contributed by atoms with Crippen LogP contribution in [0.25, 0.3) is 0 Å². The number of carbonyl (C=O) groups excluding carboxylic acids is 1. The number of sulfonamides is 1. The van der Waals surface area contributed by atoms with Gasteiger partial charge in [0.15, 0.2) is 0 Å². The van der Waals surface area contributed by atoms with E-state index in [4.69, 9.17) is 0 Å². The molecule has 2 fully saturated rings. The van der Waals surface area contributed by atoms with Gasteiger partial charge >= 0.3 is 0 Å². The molecular formula is C14H27N3O3S. The fourth-order valence-corrected chi connectivity index (χ4v) is 3.96. The van der Waals surface area contributed by atoms with Gasteiger partial charge in [-0.15, -0.1) is 0 Å². The average molecular weight is 317 g/mol. The van der Waals surface area contributed by atoms with E-state index in [1.54, 1.807) is 6.92 Å². The second-order valence-electron chi connectivity index (χ2n) is 6.07. The lowest BCUT2D eigenvalue weighted by atomic mass is 9.93. The molecule has 2 aliphatic heterocycles. The summed E-state index contributed by atoms with van der Waals surface area (Å²) in [7, 11) is -3.14. The van der Waals surface area contributed by atoms with Crippen molar-refractivity contribution < 1.29 is 13.2 Å². The second-order valence-corrected chi connectivity index (χ2v) is 8.12. The molecule has 0 aromatic heterocycles. The van der Waals surface area contributed by atoms with Gasteiger partial charge in [-0.1, -0.05) is 0 Å². The van der Waals surface area contributed by atoms with E-state index in [0.717, 1.165) is 38.8 Å². The highest BCUT2D eigenvalue weighted by Gasteiger charge is 2.27. The molecule has 0 aromatic rings. The first-order valence-electron chi connectivity index (χ1n) is 7.98. The molecule has 2 aliphatic rings. The maximum absolute atomic E-state index is 12.3. The monoisotopic (exact) mass is 317 g/mol. The molecule has 6 nitrogen and oxygen atoms in total. The van der Waals surface area contributed by atoms with E-state index in [-0.39, 0.29) is 17.7 Å². The number of likely N-dealkylation sites (tertiary alicyclic amines) is 1. The van der Waals surface area contributed by atoms with Gasteiger partial charge in [-0.25, -0.2) is 13.1 Å². The number of nitrogens with zero attached hydrogens (tertiary/aromatic N) is 1. The summed E-state index contributed by atoms with van der Waals surface area (Å²) in [5, 5.41) is 3.31. The Morgan fingerprint density at radius 2 is 1.81 bits per heavy atom. The van der Waals surface area contributed by atoms with Crippen LogP contribution in [0.2, 0.25) is 0 Å². The lowest BCUT2D eigenvalue weighted by Crippen LogP contribution is -2.47. The SMILES string of the molecule is CCS(=O)(=O)NC1CCN(C(=O)CC2CCNCC2)CC1. The predicted octanol–water partition coefficient (Wildman–Crippen LogP) is 0.306. The maximum atomic E-state index is 12.3. The second kappa shape index (κ2) is 7.56. The molecule has 0 spiro atoms. The Morgan fingerprint density at radius 1 is 1.19 bits per heavy atom. The number of piperidine rings is 2. The van der Waals surface area contributed by atoms with Crippen LogP contribution >= 0.6 is 0 Å². The van der Waals surface area contributed by atoms with Crippen molar-refractivity contribution in [3.63, 3.8) is 0 Å². The summed E-state index contributed by atoms with van der Waals surface area (Å²) in [4.78, 5) is 14.2. The Bertz CT molecular complexity index is 438. The van der Waals surface area contributed by atoms with Crippen molar-refractivity contribution in [2.45, 2.75) is 45.1 Å². The third-order valence-electron chi connectivity index (χ3n) is 4.50. The summed E-state index contributed by atoms with van der Waals surface area (Å²) in [6.45, 7) is 5.00. The molecule has 0 atom stereocenters. The minimum absolute atomic E-state index is 0.0159. The van der Waals surface area contributed by atoms with Crippen molar-refractivity contribution in [2.24, 2.45) is 5.92 Å². The minimum atomic E-state index is -3.14. The van der Waals surface area contributed by atoms with E-state index in [1.807, 2.05) is 4.90 Å². The van der Waals surface area contributed by atoms with Crippen molar-refractivity contribution in [3.05, 3.63) is 0 Å². The minimum Gasteiger partial charge on any atom is -0.343 e. The molecule has 1 amide bonds. The Kier molecular flexibility index (Phi) is 6.01. The first-order valence-corrected chi connectivity index (χ1v) is 9.64. The van der Waals surface area contributed by atoms with Crippen LogP contribution in [0.4, 0.5) is 0 Å². The van der Waals surface area contributed by atoms with Crippen LogP contribution in [-0.4, -0.2) is 57.2 Å². The summed E-state index contributed by atoms with van der Waals surface area (Å²) in [6, 6.07) is -0.0159. The van der Waals surface area contributed by atoms with Crippen LogP contribution in [0, 0.1) is 5.92 Å². The van der Waals surface area contributed by atoms with E-state index in [0.29, 0.717) is 25.4 Å². The maximum Gasteiger partial charge on any atom is 0.222 e. The summed E-state index contributed by atoms with van der Waals surface area (Å²) in [5.41, 5.74) is 0. The Labute approximate surface area is 127 Å². The molecule has 0 aliphatic carbocycles. The van der Waals surface area contributed by atoms with Crippen molar-refractivity contribution >= 4 is 15.9 Å². The van der Waals surface area contributed by atoms with Gasteiger partial charge in [0, 0.05) is 25.6 Å². The highest BCUT2D eigenvalue weighted by Crippen LogP contribution is 2.19. The van der Waals surface area contributed by atoms with Crippen LogP contribution in [0.1, 0.15) is 39.0 Å². The van der Waals surface area contributed by atoms with Crippen molar-refractivity contribution in [3.8, 4) is 0 Å². The molecule has 0 radical (unpaired) electrons. The van der Waals surface area contributed by atoms with Crippen molar-refractivity contribution in [2.75, 3.05) is 31.9 Å². The molecule has 2 N–H and O–H groups in total. The van der Waals surface area contributed by atoms with Crippen LogP contribution in [0.3, 0.4) is 0 Å². The Hall–Kier alpha value is -0.660. The molecular weight excluding hydrogens is 290 g/mol. The fourth-order valence-electron chi connectivity index (χ4n) is 3.05. The summed E-state index contributed by atoms with van der Waals surface area (Å²) in [6.07, 6.45) is 4.25. The zero-order chi connectivity index (χ0) is 15.3. The lowest BCUT2D eigenvalue weighted by molar-refractivity contribution is -0.133. The molecule has 2 saturated heterocycles. The highest BCUT2D eigenvalue weighted by atomic mass is 32.2. The summed E-state index contributed by atoms with van der Waals surface area (Å²) < 4.78 is 25.8. The predicted molar refractivity (Wildman–Crippen MR) is 82.4 cm³/mol. The summed E-state index contributed by atoms with van der Waals surface area (Å²) >= 11 is 0. The number of hydrogen-bond donors (Lipinski definition) is 2. The molecule has 2 heterocycles. The Balaban J connectivity index is 1.74. The standard InChI is InChI=1S/C14H27N3O3S/c1-2-21(19,20)16-13-5-9-17(10-6-13)14(18)11-12-3-7-15-8-4-12/h12-13,15-16H,2-11H2,1H3. The van der Waals surface area contributed by atoms with Crippen LogP contribution < -0.4 is 10.0 Å². The van der Waals surface area contributed by atoms with Gasteiger partial charge in [0.1, 0.15) is 0 Å². The smallest absolute Gasteiger partial charge is 0.222 e.